The van der Waals surface area contributed by atoms with Crippen LogP contribution < -0.4 is 0 Å². The van der Waals surface area contributed by atoms with Gasteiger partial charge in [-0.3, -0.25) is 0 Å². The molecule has 1 saturated heterocycles. The van der Waals surface area contributed by atoms with Crippen LogP contribution in [0.1, 0.15) is 19.8 Å². The molecule has 2 N–H and O–H groups in total. The number of aliphatic hydroxyl groups is 2. The third-order valence-corrected chi connectivity index (χ3v) is 5.71. The molecule has 0 amide bonds. The Hall–Kier alpha value is -1.69. The lowest BCUT2D eigenvalue weighted by atomic mass is 9.80. The minimum atomic E-state index is -0.605. The molecule has 0 spiro atoms. The SMILES string of the molecule is C=C1CO[C@@H]2[C@@H]1[C@@H](OC(=O)/C(=C/CO)CO)CC(=C)[C@H]1CC=C(C)[C@@H]21. The summed E-state index contributed by atoms with van der Waals surface area (Å²) in [6.07, 6.45) is 4.56. The second kappa shape index (κ2) is 7.28. The van der Waals surface area contributed by atoms with Gasteiger partial charge in [-0.2, -0.15) is 0 Å². The smallest absolute Gasteiger partial charge is 0.336 e. The van der Waals surface area contributed by atoms with Gasteiger partial charge in [0.2, 0.25) is 0 Å². The van der Waals surface area contributed by atoms with Gasteiger partial charge in [-0.05, 0) is 30.9 Å². The Bertz CT molecular complexity index is 644. The molecule has 5 nitrogen and oxygen atoms in total. The molecule has 0 aromatic carbocycles. The number of rotatable bonds is 4. The Morgan fingerprint density at radius 1 is 1.36 bits per heavy atom. The van der Waals surface area contributed by atoms with E-state index < -0.39 is 18.7 Å². The van der Waals surface area contributed by atoms with Crippen LogP contribution in [0.25, 0.3) is 0 Å². The van der Waals surface area contributed by atoms with Crippen molar-refractivity contribution in [2.24, 2.45) is 17.8 Å². The molecule has 2 fully saturated rings. The number of fused-ring (bicyclic) bond motifs is 3. The second-order valence-electron chi connectivity index (χ2n) is 7.15. The molecule has 1 aliphatic heterocycles. The molecular formula is C20H26O5. The topological polar surface area (TPSA) is 76.0 Å². The molecule has 0 aromatic rings. The molecule has 136 valence electrons. The van der Waals surface area contributed by atoms with Gasteiger partial charge in [0, 0.05) is 18.3 Å². The van der Waals surface area contributed by atoms with Crippen LogP contribution in [-0.4, -0.2) is 48.2 Å². The Morgan fingerprint density at radius 3 is 2.80 bits per heavy atom. The Morgan fingerprint density at radius 2 is 2.12 bits per heavy atom. The predicted octanol–water partition coefficient (Wildman–Crippen LogP) is 1.92. The normalized spacial score (nSPS) is 35.1. The number of aliphatic hydroxyl groups excluding tert-OH is 2. The maximum absolute atomic E-state index is 12.4. The van der Waals surface area contributed by atoms with Crippen molar-refractivity contribution in [3.63, 3.8) is 0 Å². The summed E-state index contributed by atoms with van der Waals surface area (Å²) in [4.78, 5) is 12.4. The van der Waals surface area contributed by atoms with E-state index in [1.54, 1.807) is 0 Å². The number of carbonyl (C=O) groups excluding carboxylic acids is 1. The zero-order valence-corrected chi connectivity index (χ0v) is 14.6. The lowest BCUT2D eigenvalue weighted by Gasteiger charge is -2.29. The Balaban J connectivity index is 1.88. The van der Waals surface area contributed by atoms with Crippen molar-refractivity contribution >= 4 is 5.97 Å². The Kier molecular flexibility index (Phi) is 5.27. The van der Waals surface area contributed by atoms with Gasteiger partial charge in [0.1, 0.15) is 6.10 Å². The van der Waals surface area contributed by atoms with Crippen molar-refractivity contribution in [2.45, 2.75) is 32.0 Å². The van der Waals surface area contributed by atoms with Crippen molar-refractivity contribution in [2.75, 3.05) is 19.8 Å². The van der Waals surface area contributed by atoms with Crippen molar-refractivity contribution < 1.29 is 24.5 Å². The van der Waals surface area contributed by atoms with Crippen LogP contribution in [0.5, 0.6) is 0 Å². The number of hydrogen-bond donors (Lipinski definition) is 2. The van der Waals surface area contributed by atoms with Gasteiger partial charge in [-0.15, -0.1) is 0 Å². The number of ether oxygens (including phenoxy) is 2. The van der Waals surface area contributed by atoms with E-state index in [1.807, 2.05) is 0 Å². The first-order valence-electron chi connectivity index (χ1n) is 8.73. The summed E-state index contributed by atoms with van der Waals surface area (Å²) < 4.78 is 11.8. The lowest BCUT2D eigenvalue weighted by molar-refractivity contribution is -0.148. The van der Waals surface area contributed by atoms with E-state index in [9.17, 15) is 9.90 Å². The third-order valence-electron chi connectivity index (χ3n) is 5.71. The lowest BCUT2D eigenvalue weighted by Crippen LogP contribution is -2.36. The van der Waals surface area contributed by atoms with E-state index in [1.165, 1.54) is 11.6 Å². The van der Waals surface area contributed by atoms with Crippen molar-refractivity contribution in [1.29, 1.82) is 0 Å². The van der Waals surface area contributed by atoms with Crippen LogP contribution in [0.2, 0.25) is 0 Å². The molecule has 5 heteroatoms. The van der Waals surface area contributed by atoms with Crippen LogP contribution in [0.15, 0.2) is 47.6 Å². The molecule has 25 heavy (non-hydrogen) atoms. The third kappa shape index (κ3) is 3.24. The van der Waals surface area contributed by atoms with Gasteiger partial charge >= 0.3 is 5.97 Å². The Labute approximate surface area is 148 Å². The largest absolute Gasteiger partial charge is 0.458 e. The minimum absolute atomic E-state index is 0.0623. The summed E-state index contributed by atoms with van der Waals surface area (Å²) in [5.41, 5.74) is 3.37. The molecular weight excluding hydrogens is 320 g/mol. The molecule has 0 bridgehead atoms. The van der Waals surface area contributed by atoms with E-state index in [0.717, 1.165) is 17.6 Å². The number of hydrogen-bond acceptors (Lipinski definition) is 5. The molecule has 3 rings (SSSR count). The highest BCUT2D eigenvalue weighted by Gasteiger charge is 2.50. The van der Waals surface area contributed by atoms with E-state index in [0.29, 0.717) is 18.9 Å². The van der Waals surface area contributed by atoms with Gasteiger partial charge in [-0.25, -0.2) is 4.79 Å². The van der Waals surface area contributed by atoms with Gasteiger partial charge in [0.25, 0.3) is 0 Å². The molecule has 2 aliphatic carbocycles. The summed E-state index contributed by atoms with van der Waals surface area (Å²) in [6, 6.07) is 0. The fourth-order valence-electron chi connectivity index (χ4n) is 4.45. The van der Waals surface area contributed by atoms with E-state index in [2.05, 4.69) is 26.2 Å². The van der Waals surface area contributed by atoms with E-state index in [-0.39, 0.29) is 30.1 Å². The molecule has 1 heterocycles. The number of allylic oxidation sites excluding steroid dienone is 1. The highest BCUT2D eigenvalue weighted by atomic mass is 16.6. The maximum atomic E-state index is 12.4. The first-order chi connectivity index (χ1) is 12.0. The molecule has 0 aromatic heterocycles. The standard InChI is InChI=1S/C20H26O5/c1-11-4-5-15-12(2)8-16(25-20(23)14(9-22)6-7-21)18-13(3)10-24-19(18)17(11)15/h4,6,15-19,21-22H,2-3,5,7-10H2,1H3/b14-6+/t15-,16+,17-,18+,19+/m1/s1. The summed E-state index contributed by atoms with van der Waals surface area (Å²) >= 11 is 0. The van der Waals surface area contributed by atoms with E-state index in [4.69, 9.17) is 14.6 Å². The van der Waals surface area contributed by atoms with Crippen molar-refractivity contribution in [1.82, 2.24) is 0 Å². The average Bonchev–Trinajstić information content (AvgIpc) is 3.10. The maximum Gasteiger partial charge on any atom is 0.336 e. The summed E-state index contributed by atoms with van der Waals surface area (Å²) in [7, 11) is 0. The first kappa shape index (κ1) is 18.1. The van der Waals surface area contributed by atoms with Crippen LogP contribution in [0.4, 0.5) is 0 Å². The van der Waals surface area contributed by atoms with Gasteiger partial charge in [-0.1, -0.05) is 30.4 Å². The van der Waals surface area contributed by atoms with Crippen LogP contribution >= 0.6 is 0 Å². The zero-order valence-electron chi connectivity index (χ0n) is 14.6. The fourth-order valence-corrected chi connectivity index (χ4v) is 4.45. The van der Waals surface area contributed by atoms with Crippen LogP contribution in [0.3, 0.4) is 0 Å². The van der Waals surface area contributed by atoms with Gasteiger partial charge in [0.15, 0.2) is 0 Å². The molecule has 1 saturated carbocycles. The van der Waals surface area contributed by atoms with Crippen molar-refractivity contribution in [3.8, 4) is 0 Å². The molecule has 0 unspecified atom stereocenters. The summed E-state index contributed by atoms with van der Waals surface area (Å²) in [5, 5.41) is 18.3. The molecule has 5 atom stereocenters. The summed E-state index contributed by atoms with van der Waals surface area (Å²) in [5.74, 6) is -0.114. The quantitative estimate of drug-likeness (QED) is 0.462. The van der Waals surface area contributed by atoms with Crippen molar-refractivity contribution in [3.05, 3.63) is 47.6 Å². The van der Waals surface area contributed by atoms with Crippen LogP contribution in [-0.2, 0) is 14.3 Å². The number of carbonyl (C=O) groups is 1. The predicted molar refractivity (Wildman–Crippen MR) is 93.6 cm³/mol. The first-order valence-corrected chi connectivity index (χ1v) is 8.73. The van der Waals surface area contributed by atoms with Gasteiger partial charge in [0.05, 0.1) is 31.5 Å². The number of esters is 1. The minimum Gasteiger partial charge on any atom is -0.458 e. The average molecular weight is 346 g/mol. The van der Waals surface area contributed by atoms with Crippen LogP contribution in [0, 0.1) is 17.8 Å². The molecule has 0 radical (unpaired) electrons. The van der Waals surface area contributed by atoms with E-state index >= 15 is 0 Å². The highest BCUT2D eigenvalue weighted by Crippen LogP contribution is 2.50. The second-order valence-corrected chi connectivity index (χ2v) is 7.15. The van der Waals surface area contributed by atoms with Gasteiger partial charge < -0.3 is 19.7 Å². The zero-order chi connectivity index (χ0) is 18.1. The molecule has 3 aliphatic rings. The fraction of sp³-hybridized carbons (Fsp3) is 0.550. The monoisotopic (exact) mass is 346 g/mol. The highest BCUT2D eigenvalue weighted by molar-refractivity contribution is 5.88. The summed E-state index contributed by atoms with van der Waals surface area (Å²) in [6.45, 7) is 10.2.